The number of nitrogens with one attached hydrogen (secondary N) is 1. The number of aryl methyl sites for hydroxylation is 1. The van der Waals surface area contributed by atoms with Gasteiger partial charge in [0.2, 0.25) is 0 Å². The van der Waals surface area contributed by atoms with Crippen LogP contribution in [0.4, 0.5) is 0 Å². The van der Waals surface area contributed by atoms with Crippen LogP contribution in [0.25, 0.3) is 0 Å². The second-order valence-electron chi connectivity index (χ2n) is 7.64. The minimum atomic E-state index is 0.538. The first-order valence-corrected chi connectivity index (χ1v) is 9.84. The fraction of sp³-hybridized carbons (Fsp3) is 0.842. The van der Waals surface area contributed by atoms with Gasteiger partial charge in [-0.15, -0.1) is 10.2 Å². The van der Waals surface area contributed by atoms with Crippen molar-refractivity contribution in [2.24, 2.45) is 23.9 Å². The molecule has 0 spiro atoms. The van der Waals surface area contributed by atoms with Crippen molar-refractivity contribution in [1.82, 2.24) is 25.0 Å². The van der Waals surface area contributed by atoms with Crippen molar-refractivity contribution >= 4 is 5.96 Å². The first-order chi connectivity index (χ1) is 12.5. The predicted molar refractivity (Wildman–Crippen MR) is 105 cm³/mol. The maximum atomic E-state index is 5.15. The third-order valence-electron chi connectivity index (χ3n) is 5.39. The Labute approximate surface area is 158 Å². The second-order valence-corrected chi connectivity index (χ2v) is 7.64. The number of aliphatic imine (C=N–C) groups is 1. The molecule has 0 atom stereocenters. The molecule has 1 heterocycles. The minimum Gasteiger partial charge on any atom is -0.385 e. The monoisotopic (exact) mass is 364 g/mol. The largest absolute Gasteiger partial charge is 0.385 e. The third kappa shape index (κ3) is 6.27. The number of guanidine groups is 1. The van der Waals surface area contributed by atoms with E-state index in [1.54, 1.807) is 7.11 Å². The van der Waals surface area contributed by atoms with Gasteiger partial charge in [-0.1, -0.05) is 19.8 Å². The highest BCUT2D eigenvalue weighted by Gasteiger charge is 2.20. The zero-order valence-electron chi connectivity index (χ0n) is 17.2. The molecule has 1 fully saturated rings. The molecule has 7 heteroatoms. The average Bonchev–Trinajstić information content (AvgIpc) is 2.95. The number of hydrogen-bond acceptors (Lipinski definition) is 4. The maximum absolute atomic E-state index is 5.15. The summed E-state index contributed by atoms with van der Waals surface area (Å²) in [5.41, 5.74) is 0. The number of ether oxygens (including phenoxy) is 1. The Morgan fingerprint density at radius 3 is 2.65 bits per heavy atom. The number of rotatable bonds is 8. The van der Waals surface area contributed by atoms with Gasteiger partial charge in [0.05, 0.1) is 0 Å². The molecule has 148 valence electrons. The summed E-state index contributed by atoms with van der Waals surface area (Å²) in [6, 6.07) is 0. The topological polar surface area (TPSA) is 67.6 Å². The van der Waals surface area contributed by atoms with Gasteiger partial charge < -0.3 is 19.5 Å². The zero-order valence-corrected chi connectivity index (χ0v) is 17.2. The summed E-state index contributed by atoms with van der Waals surface area (Å²) >= 11 is 0. The Balaban J connectivity index is 1.96. The molecule has 2 rings (SSSR count). The number of nitrogens with zero attached hydrogens (tertiary/aromatic N) is 5. The van der Waals surface area contributed by atoms with E-state index in [1.165, 1.54) is 25.7 Å². The first kappa shape index (κ1) is 20.7. The van der Waals surface area contributed by atoms with Crippen molar-refractivity contribution in [1.29, 1.82) is 0 Å². The van der Waals surface area contributed by atoms with E-state index >= 15 is 0 Å². The highest BCUT2D eigenvalue weighted by Crippen LogP contribution is 2.28. The van der Waals surface area contributed by atoms with Crippen LogP contribution in [0, 0.1) is 18.8 Å². The van der Waals surface area contributed by atoms with Crippen molar-refractivity contribution in [3.05, 3.63) is 11.6 Å². The Bertz CT molecular complexity index is 562. The summed E-state index contributed by atoms with van der Waals surface area (Å²) in [6.45, 7) is 7.54. The molecule has 0 amide bonds. The SMILES string of the molecule is COCCCNC(=NCc1nnc(C)n1C)N(C)CC1CCC(C)CC1. The van der Waals surface area contributed by atoms with Gasteiger partial charge >= 0.3 is 0 Å². The lowest BCUT2D eigenvalue weighted by Crippen LogP contribution is -2.42. The van der Waals surface area contributed by atoms with Crippen molar-refractivity contribution in [3.63, 3.8) is 0 Å². The van der Waals surface area contributed by atoms with Crippen LogP contribution in [0.2, 0.25) is 0 Å². The van der Waals surface area contributed by atoms with E-state index in [-0.39, 0.29) is 0 Å². The molecule has 0 radical (unpaired) electrons. The van der Waals surface area contributed by atoms with E-state index in [4.69, 9.17) is 9.73 Å². The third-order valence-corrected chi connectivity index (χ3v) is 5.39. The lowest BCUT2D eigenvalue weighted by atomic mass is 9.83. The Morgan fingerprint density at radius 1 is 1.31 bits per heavy atom. The molecule has 0 saturated heterocycles. The molecule has 1 aliphatic rings. The Morgan fingerprint density at radius 2 is 2.04 bits per heavy atom. The molecule has 1 N–H and O–H groups in total. The average molecular weight is 365 g/mol. The van der Waals surface area contributed by atoms with Crippen LogP contribution >= 0.6 is 0 Å². The van der Waals surface area contributed by atoms with Crippen LogP contribution < -0.4 is 5.32 Å². The molecule has 1 aromatic rings. The normalized spacial score (nSPS) is 21.0. The van der Waals surface area contributed by atoms with E-state index < -0.39 is 0 Å². The van der Waals surface area contributed by atoms with Crippen LogP contribution in [0.3, 0.4) is 0 Å². The summed E-state index contributed by atoms with van der Waals surface area (Å²) in [7, 11) is 5.86. The van der Waals surface area contributed by atoms with Gasteiger partial charge in [0, 0.05) is 40.9 Å². The summed E-state index contributed by atoms with van der Waals surface area (Å²) < 4.78 is 7.14. The first-order valence-electron chi connectivity index (χ1n) is 9.84. The van der Waals surface area contributed by atoms with Crippen LogP contribution in [-0.2, 0) is 18.3 Å². The highest BCUT2D eigenvalue weighted by atomic mass is 16.5. The molecule has 0 unspecified atom stereocenters. The lowest BCUT2D eigenvalue weighted by Gasteiger charge is -2.31. The van der Waals surface area contributed by atoms with Gasteiger partial charge in [-0.3, -0.25) is 0 Å². The van der Waals surface area contributed by atoms with E-state index in [2.05, 4.69) is 34.4 Å². The fourth-order valence-electron chi connectivity index (χ4n) is 3.45. The Kier molecular flexibility index (Phi) is 8.35. The molecule has 0 bridgehead atoms. The standard InChI is InChI=1S/C19H36N6O/c1-15-7-9-17(10-8-15)14-24(3)19(20-11-6-12-26-5)21-13-18-23-22-16(2)25(18)4/h15,17H,6-14H2,1-5H3,(H,20,21). The molecule has 1 aromatic heterocycles. The second kappa shape index (κ2) is 10.5. The smallest absolute Gasteiger partial charge is 0.194 e. The number of aromatic nitrogens is 3. The fourth-order valence-corrected chi connectivity index (χ4v) is 3.45. The minimum absolute atomic E-state index is 0.538. The van der Waals surface area contributed by atoms with Crippen molar-refractivity contribution in [2.75, 3.05) is 33.9 Å². The summed E-state index contributed by atoms with van der Waals surface area (Å²) in [5, 5.41) is 11.8. The maximum Gasteiger partial charge on any atom is 0.194 e. The summed E-state index contributed by atoms with van der Waals surface area (Å²) in [6.07, 6.45) is 6.32. The quantitative estimate of drug-likeness (QED) is 0.436. The summed E-state index contributed by atoms with van der Waals surface area (Å²) in [4.78, 5) is 7.09. The van der Waals surface area contributed by atoms with E-state index in [0.717, 1.165) is 55.6 Å². The summed E-state index contributed by atoms with van der Waals surface area (Å²) in [5.74, 6) is 4.39. The molecule has 0 aliphatic heterocycles. The van der Waals surface area contributed by atoms with Crippen LogP contribution in [0.15, 0.2) is 4.99 Å². The number of methoxy groups -OCH3 is 1. The molecular formula is C19H36N6O. The van der Waals surface area contributed by atoms with Crippen LogP contribution in [0.5, 0.6) is 0 Å². The van der Waals surface area contributed by atoms with Crippen molar-refractivity contribution < 1.29 is 4.74 Å². The lowest BCUT2D eigenvalue weighted by molar-refractivity contribution is 0.195. The van der Waals surface area contributed by atoms with Crippen molar-refractivity contribution in [2.45, 2.75) is 52.5 Å². The van der Waals surface area contributed by atoms with Gasteiger partial charge in [-0.2, -0.15) is 0 Å². The molecule has 1 aliphatic carbocycles. The molecule has 0 aromatic carbocycles. The number of hydrogen-bond donors (Lipinski definition) is 1. The molecular weight excluding hydrogens is 328 g/mol. The molecule has 7 nitrogen and oxygen atoms in total. The van der Waals surface area contributed by atoms with Gasteiger partial charge in [0.15, 0.2) is 11.8 Å². The van der Waals surface area contributed by atoms with Crippen molar-refractivity contribution in [3.8, 4) is 0 Å². The van der Waals surface area contributed by atoms with Gasteiger partial charge in [-0.25, -0.2) is 4.99 Å². The van der Waals surface area contributed by atoms with Gasteiger partial charge in [0.25, 0.3) is 0 Å². The van der Waals surface area contributed by atoms with E-state index in [0.29, 0.717) is 6.54 Å². The highest BCUT2D eigenvalue weighted by molar-refractivity contribution is 5.79. The van der Waals surface area contributed by atoms with E-state index in [1.807, 2.05) is 18.5 Å². The van der Waals surface area contributed by atoms with E-state index in [9.17, 15) is 0 Å². The predicted octanol–water partition coefficient (Wildman–Crippen LogP) is 2.36. The van der Waals surface area contributed by atoms with Crippen LogP contribution in [0.1, 0.15) is 50.7 Å². The van der Waals surface area contributed by atoms with Crippen LogP contribution in [-0.4, -0.2) is 59.5 Å². The zero-order chi connectivity index (χ0) is 18.9. The van der Waals surface area contributed by atoms with Gasteiger partial charge in [-0.05, 0) is 38.0 Å². The molecule has 26 heavy (non-hydrogen) atoms. The Hall–Kier alpha value is -1.63. The molecule has 1 saturated carbocycles. The van der Waals surface area contributed by atoms with Gasteiger partial charge in [0.1, 0.15) is 12.4 Å².